The number of nitrogens with zero attached hydrogens (tertiary/aromatic N) is 3. The normalized spacial score (nSPS) is 21.0. The van der Waals surface area contributed by atoms with Gasteiger partial charge in [0.15, 0.2) is 0 Å². The summed E-state index contributed by atoms with van der Waals surface area (Å²) in [6, 6.07) is 24.1. The van der Waals surface area contributed by atoms with Crippen LogP contribution in [0.1, 0.15) is 43.2 Å². The molecule has 0 aliphatic carbocycles. The van der Waals surface area contributed by atoms with Crippen LogP contribution < -0.4 is 0 Å². The largest absolute Gasteiger partial charge is 0.301 e. The first kappa shape index (κ1) is 19.2. The van der Waals surface area contributed by atoms with Crippen LogP contribution in [-0.4, -0.2) is 48.6 Å². The Kier molecular flexibility index (Phi) is 6.10. The second-order valence-electron chi connectivity index (χ2n) is 8.34. The topological polar surface area (TPSA) is 30.3 Å². The molecule has 2 fully saturated rings. The summed E-state index contributed by atoms with van der Waals surface area (Å²) in [5, 5.41) is 10.3. The van der Waals surface area contributed by atoms with E-state index in [1.54, 1.807) is 0 Å². The Bertz CT molecular complexity index is 741. The summed E-state index contributed by atoms with van der Waals surface area (Å²) in [5.74, 6) is 0. The molecule has 0 N–H and O–H groups in total. The molecular weight excluding hydrogens is 342 g/mol. The Morgan fingerprint density at radius 1 is 0.893 bits per heavy atom. The van der Waals surface area contributed by atoms with Crippen molar-refractivity contribution in [2.24, 2.45) is 0 Å². The molecule has 2 aliphatic rings. The molecular formula is C25H31N3. The lowest BCUT2D eigenvalue weighted by molar-refractivity contribution is 0.0483. The van der Waals surface area contributed by atoms with E-state index in [1.165, 1.54) is 45.4 Å². The van der Waals surface area contributed by atoms with Gasteiger partial charge < -0.3 is 4.90 Å². The molecule has 0 bridgehead atoms. The number of rotatable bonds is 6. The van der Waals surface area contributed by atoms with E-state index in [2.05, 4.69) is 40.1 Å². The lowest BCUT2D eigenvalue weighted by Gasteiger charge is -2.44. The van der Waals surface area contributed by atoms with Crippen molar-refractivity contribution in [3.05, 3.63) is 71.8 Å². The number of hydrogen-bond donors (Lipinski definition) is 0. The fourth-order valence-corrected chi connectivity index (χ4v) is 5.08. The molecule has 1 atom stereocenters. The average Bonchev–Trinajstić information content (AvgIpc) is 2.78. The fourth-order valence-electron chi connectivity index (χ4n) is 5.08. The Labute approximate surface area is 169 Å². The summed E-state index contributed by atoms with van der Waals surface area (Å²) in [6.07, 6.45) is 6.02. The van der Waals surface area contributed by atoms with Crippen molar-refractivity contribution in [2.45, 2.75) is 43.6 Å². The molecule has 0 amide bonds. The van der Waals surface area contributed by atoms with E-state index in [4.69, 9.17) is 0 Å². The Morgan fingerprint density at radius 3 is 2.21 bits per heavy atom. The molecule has 0 spiro atoms. The van der Waals surface area contributed by atoms with Gasteiger partial charge in [0, 0.05) is 25.7 Å². The molecule has 2 aromatic carbocycles. The molecule has 0 aromatic heterocycles. The highest BCUT2D eigenvalue weighted by molar-refractivity contribution is 5.45. The standard InChI is InChI=1S/C25H31N3/c26-21-25(22-10-3-1-4-11-22,23-12-5-2-6-13-23)15-9-16-27-18-19-28-17-8-7-14-24(28)20-27/h1-6,10-13,24H,7-9,14-20H2. The van der Waals surface area contributed by atoms with Gasteiger partial charge >= 0.3 is 0 Å². The quantitative estimate of drug-likeness (QED) is 0.749. The van der Waals surface area contributed by atoms with Crippen LogP contribution in [0.4, 0.5) is 0 Å². The van der Waals surface area contributed by atoms with Gasteiger partial charge in [0.25, 0.3) is 0 Å². The lowest BCUT2D eigenvalue weighted by Crippen LogP contribution is -2.54. The Balaban J connectivity index is 1.46. The summed E-state index contributed by atoms with van der Waals surface area (Å²) in [6.45, 7) is 5.97. The molecule has 3 nitrogen and oxygen atoms in total. The van der Waals surface area contributed by atoms with E-state index in [1.807, 2.05) is 36.4 Å². The molecule has 3 heteroatoms. The van der Waals surface area contributed by atoms with Gasteiger partial charge in [-0.1, -0.05) is 67.1 Å². The maximum absolute atomic E-state index is 10.3. The molecule has 2 aliphatic heterocycles. The first-order valence-electron chi connectivity index (χ1n) is 10.8. The van der Waals surface area contributed by atoms with E-state index in [-0.39, 0.29) is 0 Å². The second-order valence-corrected chi connectivity index (χ2v) is 8.34. The minimum atomic E-state index is -0.560. The maximum Gasteiger partial charge on any atom is 0.107 e. The Morgan fingerprint density at radius 2 is 1.57 bits per heavy atom. The van der Waals surface area contributed by atoms with Gasteiger partial charge in [0.1, 0.15) is 5.41 Å². The van der Waals surface area contributed by atoms with Gasteiger partial charge in [-0.15, -0.1) is 0 Å². The summed E-state index contributed by atoms with van der Waals surface area (Å²) in [5.41, 5.74) is 1.66. The lowest BCUT2D eigenvalue weighted by atomic mass is 9.72. The van der Waals surface area contributed by atoms with Gasteiger partial charge in [-0.25, -0.2) is 0 Å². The van der Waals surface area contributed by atoms with Crippen molar-refractivity contribution >= 4 is 0 Å². The number of piperidine rings is 1. The van der Waals surface area contributed by atoms with Crippen LogP contribution in [0.3, 0.4) is 0 Å². The molecule has 146 valence electrons. The van der Waals surface area contributed by atoms with Crippen molar-refractivity contribution in [1.82, 2.24) is 9.80 Å². The minimum Gasteiger partial charge on any atom is -0.301 e. The van der Waals surface area contributed by atoms with Crippen molar-refractivity contribution in [3.8, 4) is 6.07 Å². The molecule has 2 saturated heterocycles. The summed E-state index contributed by atoms with van der Waals surface area (Å²) in [7, 11) is 0. The number of fused-ring (bicyclic) bond motifs is 1. The number of piperazine rings is 1. The number of nitriles is 1. The first-order valence-corrected chi connectivity index (χ1v) is 10.8. The van der Waals surface area contributed by atoms with E-state index in [0.717, 1.165) is 36.6 Å². The molecule has 1 unspecified atom stereocenters. The fraction of sp³-hybridized carbons (Fsp3) is 0.480. The third-order valence-electron chi connectivity index (χ3n) is 6.67. The molecule has 0 saturated carbocycles. The van der Waals surface area contributed by atoms with Crippen molar-refractivity contribution in [2.75, 3.05) is 32.7 Å². The monoisotopic (exact) mass is 373 g/mol. The second kappa shape index (κ2) is 8.90. The van der Waals surface area contributed by atoms with E-state index >= 15 is 0 Å². The van der Waals surface area contributed by atoms with Crippen LogP contribution in [0.15, 0.2) is 60.7 Å². The third kappa shape index (κ3) is 3.99. The van der Waals surface area contributed by atoms with Crippen LogP contribution in [0.2, 0.25) is 0 Å². The summed E-state index contributed by atoms with van der Waals surface area (Å²) >= 11 is 0. The highest BCUT2D eigenvalue weighted by Crippen LogP contribution is 2.36. The van der Waals surface area contributed by atoms with Gasteiger partial charge in [0.05, 0.1) is 6.07 Å². The van der Waals surface area contributed by atoms with Gasteiger partial charge in [-0.3, -0.25) is 4.90 Å². The van der Waals surface area contributed by atoms with Crippen molar-refractivity contribution in [3.63, 3.8) is 0 Å². The first-order chi connectivity index (χ1) is 13.8. The van der Waals surface area contributed by atoms with Crippen LogP contribution in [0, 0.1) is 11.3 Å². The predicted molar refractivity (Wildman–Crippen MR) is 114 cm³/mol. The SMILES string of the molecule is N#CC(CCCN1CCN2CCCCC2C1)(c1ccccc1)c1ccccc1. The van der Waals surface area contributed by atoms with Gasteiger partial charge in [-0.05, 0) is 49.9 Å². The summed E-state index contributed by atoms with van der Waals surface area (Å²) in [4.78, 5) is 5.32. The minimum absolute atomic E-state index is 0.560. The molecule has 4 rings (SSSR count). The van der Waals surface area contributed by atoms with E-state index < -0.39 is 5.41 Å². The zero-order chi connectivity index (χ0) is 19.2. The van der Waals surface area contributed by atoms with Crippen molar-refractivity contribution < 1.29 is 0 Å². The van der Waals surface area contributed by atoms with Crippen LogP contribution in [0.25, 0.3) is 0 Å². The van der Waals surface area contributed by atoms with Crippen LogP contribution >= 0.6 is 0 Å². The zero-order valence-corrected chi connectivity index (χ0v) is 16.8. The van der Waals surface area contributed by atoms with Crippen LogP contribution in [-0.2, 0) is 5.41 Å². The van der Waals surface area contributed by atoms with Crippen LogP contribution in [0.5, 0.6) is 0 Å². The Hall–Kier alpha value is -2.15. The summed E-state index contributed by atoms with van der Waals surface area (Å²) < 4.78 is 0. The molecule has 2 aromatic rings. The third-order valence-corrected chi connectivity index (χ3v) is 6.67. The molecule has 0 radical (unpaired) electrons. The average molecular weight is 374 g/mol. The van der Waals surface area contributed by atoms with Gasteiger partial charge in [0.2, 0.25) is 0 Å². The molecule has 2 heterocycles. The van der Waals surface area contributed by atoms with E-state index in [0.29, 0.717) is 0 Å². The highest BCUT2D eigenvalue weighted by Gasteiger charge is 2.34. The zero-order valence-electron chi connectivity index (χ0n) is 16.8. The number of benzene rings is 2. The van der Waals surface area contributed by atoms with E-state index in [9.17, 15) is 5.26 Å². The van der Waals surface area contributed by atoms with Gasteiger partial charge in [-0.2, -0.15) is 5.26 Å². The molecule has 28 heavy (non-hydrogen) atoms. The predicted octanol–water partition coefficient (Wildman–Crippen LogP) is 4.45. The van der Waals surface area contributed by atoms with Crippen molar-refractivity contribution in [1.29, 1.82) is 5.26 Å². The highest BCUT2D eigenvalue weighted by atomic mass is 15.3. The maximum atomic E-state index is 10.3. The number of hydrogen-bond acceptors (Lipinski definition) is 3. The smallest absolute Gasteiger partial charge is 0.107 e.